The number of benzene rings is 6. The molecule has 1 heterocycles. The van der Waals surface area contributed by atoms with E-state index in [9.17, 15) is 105 Å². The molecule has 6 aromatic carbocycles. The molecule has 0 N–H and O–H groups in total. The lowest BCUT2D eigenvalue weighted by molar-refractivity contribution is -0.688. The summed E-state index contributed by atoms with van der Waals surface area (Å²) < 4.78 is 343. The van der Waals surface area contributed by atoms with E-state index in [1.54, 1.807) is 0 Å². The second-order valence-corrected chi connectivity index (χ2v) is 17.2. The smallest absolute Gasteiger partial charge is 0.201 e. The number of aromatic nitrogens is 1. The average Bonchev–Trinajstić information content (AvgIpc) is 3.51. The van der Waals surface area contributed by atoms with Crippen molar-refractivity contribution in [2.75, 3.05) is 0 Å². The van der Waals surface area contributed by atoms with Gasteiger partial charge >= 0.3 is 49.4 Å². The lowest BCUT2D eigenvalue weighted by atomic mass is 9.12. The molecule has 0 bridgehead atoms. The Bertz CT molecular complexity index is 2860. The number of halogens is 24. The first-order valence-corrected chi connectivity index (χ1v) is 21.5. The molecule has 0 aliphatic carbocycles. The fourth-order valence-corrected chi connectivity index (χ4v) is 8.36. The zero-order valence-corrected chi connectivity index (χ0v) is 38.2. The first kappa shape index (κ1) is 59.6. The van der Waals surface area contributed by atoms with E-state index in [0.717, 1.165) is 17.7 Å². The van der Waals surface area contributed by atoms with Crippen molar-refractivity contribution in [2.24, 2.45) is 0 Å². The predicted octanol–water partition coefficient (Wildman–Crippen LogP) is 14.8. The molecule has 0 saturated carbocycles. The highest BCUT2D eigenvalue weighted by Crippen LogP contribution is 2.41. The summed E-state index contributed by atoms with van der Waals surface area (Å²) in [4.78, 5) is 0. The quantitative estimate of drug-likeness (QED) is 0.0888. The van der Waals surface area contributed by atoms with E-state index < -0.39 is 195 Å². The van der Waals surface area contributed by atoms with Crippen LogP contribution in [0.2, 0.25) is 0 Å². The van der Waals surface area contributed by atoms with E-state index in [0.29, 0.717) is 5.56 Å². The molecular weight excluding hydrogens is 1110 g/mol. The Morgan fingerprint density at radius 1 is 0.321 bits per heavy atom. The average molecular weight is 1130 g/mol. The highest BCUT2D eigenvalue weighted by Gasteiger charge is 2.47. The van der Waals surface area contributed by atoms with Crippen LogP contribution in [0.15, 0.2) is 152 Å². The molecule has 0 aliphatic rings. The van der Waals surface area contributed by atoms with Crippen molar-refractivity contribution in [1.82, 2.24) is 0 Å². The number of alkyl halides is 24. The molecule has 0 unspecified atom stereocenters. The normalized spacial score (nSPS) is 13.2. The number of nitrogens with zero attached hydrogens (tertiary/aromatic N) is 2. The summed E-state index contributed by atoms with van der Waals surface area (Å²) in [6.45, 7) is 0.870. The monoisotopic (exact) mass is 1130 g/mol. The van der Waals surface area contributed by atoms with E-state index in [1.165, 1.54) is 5.56 Å². The topological polar surface area (TPSA) is 27.7 Å². The van der Waals surface area contributed by atoms with Gasteiger partial charge < -0.3 is 0 Å². The molecule has 0 spiro atoms. The van der Waals surface area contributed by atoms with Crippen LogP contribution < -0.4 is 26.4 Å². The van der Waals surface area contributed by atoms with Crippen LogP contribution in [0.4, 0.5) is 105 Å². The Morgan fingerprint density at radius 2 is 0.564 bits per heavy atom. The van der Waals surface area contributed by atoms with Crippen LogP contribution in [-0.2, 0) is 56.0 Å². The molecule has 7 rings (SSSR count). The number of rotatable bonds is 7. The van der Waals surface area contributed by atoms with Crippen molar-refractivity contribution >= 4 is 28.0 Å². The SMILES string of the molecule is FC(F)(F)c1cc([B-](c2cc(C(F)(F)F)cc(C(F)(F)F)c2)(c2cc(C(F)(F)F)cc(C(F)(F)F)c2)c2cc(C(F)(F)F)cc(C(F)(F)F)c2)cc(C(F)(F)F)c1.N#Cc1ccc(-c2cc[n+](Cc3ccccc3)cc2)cc1. The van der Waals surface area contributed by atoms with Gasteiger partial charge in [-0.2, -0.15) is 132 Å². The van der Waals surface area contributed by atoms with Gasteiger partial charge in [0.05, 0.1) is 56.1 Å². The molecule has 1 aromatic heterocycles. The highest BCUT2D eigenvalue weighted by atomic mass is 19.4. The molecule has 2 nitrogen and oxygen atoms in total. The summed E-state index contributed by atoms with van der Waals surface area (Å²) >= 11 is 0. The van der Waals surface area contributed by atoms with Gasteiger partial charge in [0.15, 0.2) is 18.9 Å². The van der Waals surface area contributed by atoms with Crippen LogP contribution in [-0.4, -0.2) is 6.15 Å². The van der Waals surface area contributed by atoms with Gasteiger partial charge in [-0.3, -0.25) is 0 Å². The lowest BCUT2D eigenvalue weighted by Gasteiger charge is -2.46. The van der Waals surface area contributed by atoms with Crippen molar-refractivity contribution in [3.05, 3.63) is 208 Å². The first-order chi connectivity index (χ1) is 35.6. The van der Waals surface area contributed by atoms with Crippen molar-refractivity contribution in [3.8, 4) is 17.2 Å². The molecule has 0 radical (unpaired) electrons. The molecule has 27 heteroatoms. The van der Waals surface area contributed by atoms with Crippen molar-refractivity contribution < 1.29 is 110 Å². The maximum atomic E-state index is 14.2. The van der Waals surface area contributed by atoms with Crippen molar-refractivity contribution in [2.45, 2.75) is 56.0 Å². The zero-order chi connectivity index (χ0) is 58.4. The van der Waals surface area contributed by atoms with E-state index in [-0.39, 0.29) is 0 Å². The van der Waals surface area contributed by atoms with Crippen LogP contribution >= 0.6 is 0 Å². The summed E-state index contributed by atoms with van der Waals surface area (Å²) in [5.74, 6) is 0. The van der Waals surface area contributed by atoms with Crippen LogP contribution in [0, 0.1) is 11.3 Å². The minimum Gasteiger partial charge on any atom is -0.201 e. The summed E-state index contributed by atoms with van der Waals surface area (Å²) in [7, 11) is 0. The van der Waals surface area contributed by atoms with Gasteiger partial charge in [0.2, 0.25) is 0 Å². The molecule has 0 atom stereocenters. The fraction of sp³-hybridized carbons (Fsp3) is 0.176. The Morgan fingerprint density at radius 3 is 0.795 bits per heavy atom. The molecule has 0 amide bonds. The highest BCUT2D eigenvalue weighted by molar-refractivity contribution is 7.20. The van der Waals surface area contributed by atoms with E-state index in [2.05, 4.69) is 59.4 Å². The van der Waals surface area contributed by atoms with Gasteiger partial charge in [-0.15, -0.1) is 0 Å². The molecule has 0 aliphatic heterocycles. The van der Waals surface area contributed by atoms with E-state index >= 15 is 0 Å². The van der Waals surface area contributed by atoms with Gasteiger partial charge in [0, 0.05) is 17.7 Å². The number of hydrogen-bond acceptors (Lipinski definition) is 1. The van der Waals surface area contributed by atoms with Crippen LogP contribution in [0.3, 0.4) is 0 Å². The Balaban J connectivity index is 0.000000387. The largest absolute Gasteiger partial charge is 0.416 e. The van der Waals surface area contributed by atoms with Crippen LogP contribution in [0.5, 0.6) is 0 Å². The van der Waals surface area contributed by atoms with Gasteiger partial charge in [0.1, 0.15) is 6.15 Å². The first-order valence-electron chi connectivity index (χ1n) is 21.5. The fourth-order valence-electron chi connectivity index (χ4n) is 8.36. The number of hydrogen-bond donors (Lipinski definition) is 0. The Kier molecular flexibility index (Phi) is 16.0. The van der Waals surface area contributed by atoms with Gasteiger partial charge in [-0.05, 0) is 47.5 Å². The number of nitriles is 1. The van der Waals surface area contributed by atoms with Gasteiger partial charge in [-0.1, -0.05) is 91.0 Å². The third kappa shape index (κ3) is 13.7. The molecule has 412 valence electrons. The van der Waals surface area contributed by atoms with Crippen molar-refractivity contribution in [3.63, 3.8) is 0 Å². The standard InChI is InChI=1S/C32H12BF24.C19H15N2/c34-25(35,36)13-1-14(26(37,38)39)6-21(5-13)33(22-7-15(27(40,41)42)2-16(8-22)28(43,44)45,23-9-17(29(46,47)48)3-18(10-23)30(49,50)51)24-11-19(31(52,53)54)4-20(12-24)32(55,56)57;20-14-16-6-8-18(9-7-16)19-10-12-21(13-11-19)15-17-4-2-1-3-5-17/h1-12H;1-13H,15H2/q-1;+1. The zero-order valence-electron chi connectivity index (χ0n) is 38.2. The Labute approximate surface area is 423 Å². The third-order valence-electron chi connectivity index (χ3n) is 11.9. The van der Waals surface area contributed by atoms with Crippen LogP contribution in [0.25, 0.3) is 11.1 Å². The molecular formula is C51H27BF24N2. The minimum atomic E-state index is -6.13. The summed E-state index contributed by atoms with van der Waals surface area (Å²) in [6.07, 6.45) is -50.6. The number of pyridine rings is 1. The van der Waals surface area contributed by atoms with Gasteiger partial charge in [0.25, 0.3) is 0 Å². The maximum absolute atomic E-state index is 14.2. The summed E-state index contributed by atoms with van der Waals surface area (Å²) in [5, 5.41) is 8.82. The summed E-state index contributed by atoms with van der Waals surface area (Å²) in [6, 6.07) is 15.6. The van der Waals surface area contributed by atoms with Crippen LogP contribution in [0.1, 0.15) is 55.6 Å². The summed E-state index contributed by atoms with van der Waals surface area (Å²) in [5.41, 5.74) is -25.9. The minimum absolute atomic E-state index is 0.689. The second-order valence-electron chi connectivity index (χ2n) is 17.2. The lowest BCUT2D eigenvalue weighted by Crippen LogP contribution is -2.75. The predicted molar refractivity (Wildman–Crippen MR) is 232 cm³/mol. The maximum Gasteiger partial charge on any atom is 0.416 e. The third-order valence-corrected chi connectivity index (χ3v) is 11.9. The van der Waals surface area contributed by atoms with Gasteiger partial charge in [-0.25, -0.2) is 4.57 Å². The molecule has 7 aromatic rings. The van der Waals surface area contributed by atoms with Crippen molar-refractivity contribution in [1.29, 1.82) is 5.26 Å². The van der Waals surface area contributed by atoms with E-state index in [4.69, 9.17) is 5.26 Å². The molecule has 78 heavy (non-hydrogen) atoms. The molecule has 0 saturated heterocycles. The Hall–Kier alpha value is -7.66. The second kappa shape index (κ2) is 20.9. The molecule has 0 fully saturated rings. The van der Waals surface area contributed by atoms with E-state index in [1.807, 2.05) is 30.3 Å².